The Morgan fingerprint density at radius 2 is 2.12 bits per heavy atom. The lowest BCUT2D eigenvalue weighted by molar-refractivity contribution is 0.154. The molecule has 2 rings (SSSR count). The molecule has 0 amide bonds. The molecule has 1 fully saturated rings. The van der Waals surface area contributed by atoms with Crippen LogP contribution in [0.25, 0.3) is 0 Å². The molecule has 1 aromatic rings. The molecule has 1 saturated heterocycles. The molecule has 0 aliphatic carbocycles. The van der Waals surface area contributed by atoms with Crippen molar-refractivity contribution in [2.75, 3.05) is 46.3 Å². The molecule has 0 aromatic carbocycles. The fourth-order valence-corrected chi connectivity index (χ4v) is 3.42. The van der Waals surface area contributed by atoms with Gasteiger partial charge in [0.25, 0.3) is 0 Å². The number of piperazine rings is 1. The van der Waals surface area contributed by atoms with Crippen LogP contribution in [0.3, 0.4) is 0 Å². The molecule has 0 saturated carbocycles. The van der Waals surface area contributed by atoms with E-state index in [0.29, 0.717) is 0 Å². The summed E-state index contributed by atoms with van der Waals surface area (Å²) in [6.45, 7) is 8.05. The van der Waals surface area contributed by atoms with Crippen LogP contribution in [0.5, 0.6) is 0 Å². The monoisotopic (exact) mass is 317 g/mol. The molecule has 0 unspecified atom stereocenters. The summed E-state index contributed by atoms with van der Waals surface area (Å²) in [5, 5.41) is 5.64. The number of rotatable bonds is 5. The lowest BCUT2D eigenvalue weighted by atomic mass is 10.3. The minimum atomic E-state index is 0.978. The maximum absolute atomic E-state index is 3.56. The first kappa shape index (κ1) is 13.5. The number of thiophene rings is 1. The van der Waals surface area contributed by atoms with Gasteiger partial charge in [-0.05, 0) is 34.4 Å². The zero-order chi connectivity index (χ0) is 12.1. The highest BCUT2D eigenvalue weighted by Gasteiger charge is 2.12. The molecule has 17 heavy (non-hydrogen) atoms. The van der Waals surface area contributed by atoms with Gasteiger partial charge in [0, 0.05) is 55.2 Å². The van der Waals surface area contributed by atoms with Gasteiger partial charge in [0.1, 0.15) is 0 Å². The summed E-state index contributed by atoms with van der Waals surface area (Å²) in [7, 11) is 2.20. The summed E-state index contributed by atoms with van der Waals surface area (Å²) in [4.78, 5) is 6.33. The normalized spacial score (nSPS) is 18.7. The average molecular weight is 318 g/mol. The second-order valence-corrected chi connectivity index (χ2v) is 6.37. The van der Waals surface area contributed by atoms with E-state index in [-0.39, 0.29) is 0 Å². The topological polar surface area (TPSA) is 18.5 Å². The molecule has 2 heterocycles. The van der Waals surface area contributed by atoms with Gasteiger partial charge in [-0.15, -0.1) is 11.3 Å². The molecule has 0 atom stereocenters. The van der Waals surface area contributed by atoms with Crippen LogP contribution in [0.4, 0.5) is 0 Å². The number of hydrogen-bond donors (Lipinski definition) is 1. The first-order valence-electron chi connectivity index (χ1n) is 6.09. The van der Waals surface area contributed by atoms with Gasteiger partial charge in [-0.2, -0.15) is 0 Å². The molecule has 1 aliphatic heterocycles. The van der Waals surface area contributed by atoms with Crippen molar-refractivity contribution in [2.45, 2.75) is 6.54 Å². The van der Waals surface area contributed by atoms with Gasteiger partial charge in [0.2, 0.25) is 0 Å². The van der Waals surface area contributed by atoms with Gasteiger partial charge in [-0.25, -0.2) is 0 Å². The Labute approximate surface area is 116 Å². The Morgan fingerprint density at radius 3 is 2.76 bits per heavy atom. The van der Waals surface area contributed by atoms with Gasteiger partial charge in [-0.1, -0.05) is 0 Å². The molecule has 0 spiro atoms. The van der Waals surface area contributed by atoms with Crippen LogP contribution in [0.2, 0.25) is 0 Å². The summed E-state index contributed by atoms with van der Waals surface area (Å²) >= 11 is 5.36. The molecule has 5 heteroatoms. The Balaban J connectivity index is 1.59. The average Bonchev–Trinajstić information content (AvgIpc) is 2.73. The maximum Gasteiger partial charge on any atom is 0.0327 e. The molecule has 1 N–H and O–H groups in total. The second-order valence-electron chi connectivity index (χ2n) is 4.51. The van der Waals surface area contributed by atoms with E-state index in [1.165, 1.54) is 35.5 Å². The summed E-state index contributed by atoms with van der Waals surface area (Å²) in [5.74, 6) is 0. The van der Waals surface area contributed by atoms with Gasteiger partial charge in [-0.3, -0.25) is 4.90 Å². The third kappa shape index (κ3) is 4.34. The summed E-state index contributed by atoms with van der Waals surface area (Å²) < 4.78 is 1.23. The number of nitrogens with zero attached hydrogens (tertiary/aromatic N) is 2. The fourth-order valence-electron chi connectivity index (χ4n) is 1.96. The van der Waals surface area contributed by atoms with E-state index in [2.05, 4.69) is 49.5 Å². The Morgan fingerprint density at radius 1 is 1.35 bits per heavy atom. The van der Waals surface area contributed by atoms with E-state index in [1.807, 2.05) is 0 Å². The third-order valence-corrected chi connectivity index (χ3v) is 5.10. The molecule has 1 aromatic heterocycles. The quantitative estimate of drug-likeness (QED) is 0.836. The largest absolute Gasteiger partial charge is 0.311 e. The van der Waals surface area contributed by atoms with Gasteiger partial charge in [0.15, 0.2) is 0 Å². The van der Waals surface area contributed by atoms with Crippen molar-refractivity contribution in [3.05, 3.63) is 20.8 Å². The zero-order valence-corrected chi connectivity index (χ0v) is 12.7. The first-order chi connectivity index (χ1) is 8.25. The number of nitrogens with one attached hydrogen (secondary N) is 1. The van der Waals surface area contributed by atoms with Crippen LogP contribution < -0.4 is 5.32 Å². The van der Waals surface area contributed by atoms with Crippen molar-refractivity contribution in [1.29, 1.82) is 0 Å². The zero-order valence-electron chi connectivity index (χ0n) is 10.3. The Kier molecular flexibility index (Phi) is 5.44. The Bertz CT molecular complexity index is 334. The lowest BCUT2D eigenvalue weighted by Crippen LogP contribution is -2.46. The molecule has 0 radical (unpaired) electrons. The molecule has 1 aliphatic rings. The SMILES string of the molecule is CN1CCN(CCNCc2sccc2Br)CC1. The van der Waals surface area contributed by atoms with Crippen molar-refractivity contribution in [3.63, 3.8) is 0 Å². The van der Waals surface area contributed by atoms with E-state index in [1.54, 1.807) is 11.3 Å². The van der Waals surface area contributed by atoms with Crippen LogP contribution in [0, 0.1) is 0 Å². The Hall–Kier alpha value is 0.0600. The number of likely N-dealkylation sites (N-methyl/N-ethyl adjacent to an activating group) is 1. The van der Waals surface area contributed by atoms with Crippen molar-refractivity contribution < 1.29 is 0 Å². The van der Waals surface area contributed by atoms with Gasteiger partial charge < -0.3 is 10.2 Å². The van der Waals surface area contributed by atoms with Gasteiger partial charge >= 0.3 is 0 Å². The molecular weight excluding hydrogens is 298 g/mol. The number of hydrogen-bond acceptors (Lipinski definition) is 4. The second kappa shape index (κ2) is 6.85. The highest BCUT2D eigenvalue weighted by atomic mass is 79.9. The minimum Gasteiger partial charge on any atom is -0.311 e. The standard InChI is InChI=1S/C12H20BrN3S/c1-15-5-7-16(8-6-15)4-3-14-10-12-11(13)2-9-17-12/h2,9,14H,3-8,10H2,1H3. The van der Waals surface area contributed by atoms with Gasteiger partial charge in [0.05, 0.1) is 0 Å². The van der Waals surface area contributed by atoms with Crippen LogP contribution in [0.15, 0.2) is 15.9 Å². The molecular formula is C12H20BrN3S. The predicted molar refractivity (Wildman–Crippen MR) is 77.7 cm³/mol. The summed E-state index contributed by atoms with van der Waals surface area (Å²) in [6.07, 6.45) is 0. The van der Waals surface area contributed by atoms with E-state index in [4.69, 9.17) is 0 Å². The fraction of sp³-hybridized carbons (Fsp3) is 0.667. The van der Waals surface area contributed by atoms with Crippen molar-refractivity contribution in [3.8, 4) is 0 Å². The first-order valence-corrected chi connectivity index (χ1v) is 7.76. The van der Waals surface area contributed by atoms with E-state index in [9.17, 15) is 0 Å². The van der Waals surface area contributed by atoms with E-state index >= 15 is 0 Å². The van der Waals surface area contributed by atoms with Crippen LogP contribution in [0.1, 0.15) is 4.88 Å². The highest BCUT2D eigenvalue weighted by Crippen LogP contribution is 2.21. The summed E-state index contributed by atoms with van der Waals surface area (Å²) in [6, 6.07) is 2.11. The third-order valence-electron chi connectivity index (χ3n) is 3.18. The molecule has 96 valence electrons. The lowest BCUT2D eigenvalue weighted by Gasteiger charge is -2.32. The maximum atomic E-state index is 3.56. The van der Waals surface area contributed by atoms with E-state index in [0.717, 1.165) is 19.6 Å². The minimum absolute atomic E-state index is 0.978. The number of halogens is 1. The van der Waals surface area contributed by atoms with Crippen LogP contribution in [-0.2, 0) is 6.54 Å². The highest BCUT2D eigenvalue weighted by molar-refractivity contribution is 9.10. The molecule has 0 bridgehead atoms. The van der Waals surface area contributed by atoms with Crippen molar-refractivity contribution >= 4 is 27.3 Å². The van der Waals surface area contributed by atoms with Crippen LogP contribution in [-0.4, -0.2) is 56.1 Å². The van der Waals surface area contributed by atoms with Crippen molar-refractivity contribution in [1.82, 2.24) is 15.1 Å². The van der Waals surface area contributed by atoms with Crippen LogP contribution >= 0.6 is 27.3 Å². The van der Waals surface area contributed by atoms with Crippen molar-refractivity contribution in [2.24, 2.45) is 0 Å². The van der Waals surface area contributed by atoms with E-state index < -0.39 is 0 Å². The smallest absolute Gasteiger partial charge is 0.0327 e. The predicted octanol–water partition coefficient (Wildman–Crippen LogP) is 1.85. The summed E-state index contributed by atoms with van der Waals surface area (Å²) in [5.41, 5.74) is 0. The molecule has 3 nitrogen and oxygen atoms in total.